The lowest BCUT2D eigenvalue weighted by Crippen LogP contribution is -2.24. The average Bonchev–Trinajstić information content (AvgIpc) is 2.97. The molecule has 0 amide bonds. The molecule has 0 aromatic heterocycles. The monoisotopic (exact) mass is 370 g/mol. The predicted octanol–water partition coefficient (Wildman–Crippen LogP) is 2.56. The van der Waals surface area contributed by atoms with Crippen molar-refractivity contribution in [3.05, 3.63) is 24.3 Å². The van der Waals surface area contributed by atoms with Gasteiger partial charge in [-0.3, -0.25) is 4.79 Å². The molecule has 0 saturated carbocycles. The lowest BCUT2D eigenvalue weighted by molar-refractivity contribution is -0.137. The number of carboxylic acids is 1. The second-order valence-corrected chi connectivity index (χ2v) is 6.95. The molecule has 1 rings (SSSR count). The van der Waals surface area contributed by atoms with Crippen LogP contribution in [0.4, 0.5) is 0 Å². The second kappa shape index (κ2) is 13.0. The molecule has 0 aliphatic carbocycles. The number of allylic oxidation sites excluding steroid dienone is 1. The summed E-state index contributed by atoms with van der Waals surface area (Å²) in [6.45, 7) is 2.11. The van der Waals surface area contributed by atoms with E-state index in [1.807, 2.05) is 12.2 Å². The number of carboxylic acid groups (broad SMARTS) is 1. The van der Waals surface area contributed by atoms with Gasteiger partial charge >= 0.3 is 5.97 Å². The Morgan fingerprint density at radius 3 is 2.65 bits per heavy atom. The van der Waals surface area contributed by atoms with Crippen molar-refractivity contribution >= 4 is 5.97 Å². The minimum Gasteiger partial charge on any atom is -0.481 e. The summed E-state index contributed by atoms with van der Waals surface area (Å²) in [5, 5.41) is 38.7. The Labute approximate surface area is 156 Å². The van der Waals surface area contributed by atoms with Gasteiger partial charge in [0.15, 0.2) is 0 Å². The maximum absolute atomic E-state index is 10.4. The van der Waals surface area contributed by atoms with E-state index < -0.39 is 30.4 Å². The van der Waals surface area contributed by atoms with Crippen molar-refractivity contribution in [2.45, 2.75) is 95.2 Å². The number of rotatable bonds is 13. The first-order valence-electron chi connectivity index (χ1n) is 9.68. The Kier molecular flexibility index (Phi) is 11.4. The molecule has 26 heavy (non-hydrogen) atoms. The summed E-state index contributed by atoms with van der Waals surface area (Å²) in [6, 6.07) is 0. The molecular weight excluding hydrogens is 336 g/mol. The molecule has 1 saturated heterocycles. The first-order valence-corrected chi connectivity index (χ1v) is 9.68. The van der Waals surface area contributed by atoms with Crippen LogP contribution in [0.3, 0.4) is 0 Å². The smallest absolute Gasteiger partial charge is 0.303 e. The highest BCUT2D eigenvalue weighted by molar-refractivity contribution is 5.66. The Hall–Kier alpha value is -1.21. The van der Waals surface area contributed by atoms with E-state index in [0.29, 0.717) is 32.1 Å². The quantitative estimate of drug-likeness (QED) is 0.293. The standard InChI is InChI=1S/C20H34O6/c1-2-3-6-9-15(21)12-13-16(22)19-14-17(23)18(26-19)10-7-4-5-8-11-20(24)25/h4,7,12-13,15-19,21-23H,2-3,5-6,8-11,14H2,1H3,(H,24,25)/b7-4-,13-12+/t15-,16-,17-,18+,19+/m1/s1. The Morgan fingerprint density at radius 2 is 1.96 bits per heavy atom. The van der Waals surface area contributed by atoms with Crippen LogP contribution < -0.4 is 0 Å². The van der Waals surface area contributed by atoms with Crippen LogP contribution >= 0.6 is 0 Å². The number of hydrogen-bond acceptors (Lipinski definition) is 5. The molecule has 0 aromatic carbocycles. The molecule has 0 radical (unpaired) electrons. The minimum atomic E-state index is -0.852. The van der Waals surface area contributed by atoms with E-state index in [0.717, 1.165) is 19.3 Å². The van der Waals surface area contributed by atoms with Gasteiger partial charge in [-0.25, -0.2) is 0 Å². The number of aliphatic carboxylic acids is 1. The first-order chi connectivity index (χ1) is 12.4. The lowest BCUT2D eigenvalue weighted by Gasteiger charge is -2.16. The number of ether oxygens (including phenoxy) is 1. The van der Waals surface area contributed by atoms with E-state index in [2.05, 4.69) is 6.92 Å². The molecule has 1 heterocycles. The summed E-state index contributed by atoms with van der Waals surface area (Å²) in [5.41, 5.74) is 0. The van der Waals surface area contributed by atoms with Gasteiger partial charge in [0.25, 0.3) is 0 Å². The van der Waals surface area contributed by atoms with Gasteiger partial charge in [0.1, 0.15) is 0 Å². The fourth-order valence-corrected chi connectivity index (χ4v) is 2.98. The van der Waals surface area contributed by atoms with Crippen molar-refractivity contribution in [2.24, 2.45) is 0 Å². The van der Waals surface area contributed by atoms with Crippen molar-refractivity contribution in [1.29, 1.82) is 0 Å². The van der Waals surface area contributed by atoms with Crippen LogP contribution in [0.15, 0.2) is 24.3 Å². The Bertz CT molecular complexity index is 448. The van der Waals surface area contributed by atoms with Gasteiger partial charge in [0, 0.05) is 12.8 Å². The van der Waals surface area contributed by atoms with Gasteiger partial charge in [0.05, 0.1) is 30.5 Å². The van der Waals surface area contributed by atoms with Crippen LogP contribution in [0.2, 0.25) is 0 Å². The van der Waals surface area contributed by atoms with Crippen molar-refractivity contribution in [2.75, 3.05) is 0 Å². The Balaban J connectivity index is 2.30. The van der Waals surface area contributed by atoms with Gasteiger partial charge < -0.3 is 25.2 Å². The van der Waals surface area contributed by atoms with E-state index in [4.69, 9.17) is 9.84 Å². The number of unbranched alkanes of at least 4 members (excludes halogenated alkanes) is 3. The lowest BCUT2D eigenvalue weighted by atomic mass is 10.0. The SMILES string of the molecule is CCCCC[C@@H](O)/C=C/[C@@H](O)[C@@H]1C[C@@H](O)[C@H](C/C=C\CCCC(=O)O)O1. The molecule has 1 aliphatic heterocycles. The van der Waals surface area contributed by atoms with E-state index in [1.54, 1.807) is 12.2 Å². The third kappa shape index (κ3) is 9.48. The van der Waals surface area contributed by atoms with Crippen LogP contribution in [-0.2, 0) is 9.53 Å². The Morgan fingerprint density at radius 1 is 1.19 bits per heavy atom. The van der Waals surface area contributed by atoms with Gasteiger partial charge in [-0.1, -0.05) is 50.5 Å². The third-order valence-corrected chi connectivity index (χ3v) is 4.56. The van der Waals surface area contributed by atoms with Gasteiger partial charge in [-0.15, -0.1) is 0 Å². The normalized spacial score (nSPS) is 25.9. The number of hydrogen-bond donors (Lipinski definition) is 4. The van der Waals surface area contributed by atoms with Crippen LogP contribution in [-0.4, -0.2) is 56.9 Å². The molecule has 1 aliphatic rings. The molecule has 5 atom stereocenters. The number of carbonyl (C=O) groups is 1. The van der Waals surface area contributed by atoms with Gasteiger partial charge in [0.2, 0.25) is 0 Å². The highest BCUT2D eigenvalue weighted by Crippen LogP contribution is 2.26. The minimum absolute atomic E-state index is 0.151. The molecule has 6 nitrogen and oxygen atoms in total. The zero-order chi connectivity index (χ0) is 19.4. The van der Waals surface area contributed by atoms with Crippen molar-refractivity contribution in [3.8, 4) is 0 Å². The van der Waals surface area contributed by atoms with Crippen LogP contribution in [0.5, 0.6) is 0 Å². The topological polar surface area (TPSA) is 107 Å². The number of aliphatic hydroxyl groups is 3. The number of aliphatic hydroxyl groups excluding tert-OH is 3. The molecule has 150 valence electrons. The summed E-state index contributed by atoms with van der Waals surface area (Å²) in [6.07, 6.45) is 10.2. The summed E-state index contributed by atoms with van der Waals surface area (Å²) >= 11 is 0. The fraction of sp³-hybridized carbons (Fsp3) is 0.750. The van der Waals surface area contributed by atoms with E-state index >= 15 is 0 Å². The van der Waals surface area contributed by atoms with E-state index in [-0.39, 0.29) is 12.5 Å². The van der Waals surface area contributed by atoms with Gasteiger partial charge in [-0.2, -0.15) is 0 Å². The molecule has 0 bridgehead atoms. The van der Waals surface area contributed by atoms with Crippen LogP contribution in [0, 0.1) is 0 Å². The maximum Gasteiger partial charge on any atom is 0.303 e. The van der Waals surface area contributed by atoms with Gasteiger partial charge in [-0.05, 0) is 25.7 Å². The zero-order valence-electron chi connectivity index (χ0n) is 15.7. The highest BCUT2D eigenvalue weighted by Gasteiger charge is 2.36. The summed E-state index contributed by atoms with van der Waals surface area (Å²) < 4.78 is 5.73. The first kappa shape index (κ1) is 22.8. The summed E-state index contributed by atoms with van der Waals surface area (Å²) in [5.74, 6) is -0.798. The molecule has 4 N–H and O–H groups in total. The second-order valence-electron chi connectivity index (χ2n) is 6.95. The average molecular weight is 370 g/mol. The van der Waals surface area contributed by atoms with Crippen molar-refractivity contribution < 1.29 is 30.0 Å². The van der Waals surface area contributed by atoms with Crippen LogP contribution in [0.1, 0.15) is 64.7 Å². The molecule has 6 heteroatoms. The zero-order valence-corrected chi connectivity index (χ0v) is 15.7. The molecular formula is C20H34O6. The third-order valence-electron chi connectivity index (χ3n) is 4.56. The van der Waals surface area contributed by atoms with E-state index in [9.17, 15) is 20.1 Å². The highest BCUT2D eigenvalue weighted by atomic mass is 16.5. The maximum atomic E-state index is 10.4. The van der Waals surface area contributed by atoms with E-state index in [1.165, 1.54) is 0 Å². The van der Waals surface area contributed by atoms with Crippen LogP contribution in [0.25, 0.3) is 0 Å². The summed E-state index contributed by atoms with van der Waals surface area (Å²) in [7, 11) is 0. The van der Waals surface area contributed by atoms with Crippen molar-refractivity contribution in [1.82, 2.24) is 0 Å². The van der Waals surface area contributed by atoms with Crippen molar-refractivity contribution in [3.63, 3.8) is 0 Å². The fourth-order valence-electron chi connectivity index (χ4n) is 2.98. The molecule has 0 aromatic rings. The molecule has 1 fully saturated rings. The largest absolute Gasteiger partial charge is 0.481 e. The predicted molar refractivity (Wildman–Crippen MR) is 99.8 cm³/mol. The summed E-state index contributed by atoms with van der Waals surface area (Å²) in [4.78, 5) is 10.4. The molecule has 0 spiro atoms. The molecule has 0 unspecified atom stereocenters.